The molecule has 1 atom stereocenters. The molecule has 0 radical (unpaired) electrons. The maximum absolute atomic E-state index is 12.4. The lowest BCUT2D eigenvalue weighted by Crippen LogP contribution is -2.34. The van der Waals surface area contributed by atoms with Crippen LogP contribution in [0, 0.1) is 10.1 Å². The molecule has 1 aliphatic heterocycles. The van der Waals surface area contributed by atoms with Crippen molar-refractivity contribution in [3.63, 3.8) is 0 Å². The van der Waals surface area contributed by atoms with E-state index in [1.54, 1.807) is 19.1 Å². The third-order valence-electron chi connectivity index (χ3n) is 4.94. The number of hydrogen-bond donors (Lipinski definition) is 0. The van der Waals surface area contributed by atoms with Crippen molar-refractivity contribution in [1.82, 2.24) is 10.2 Å². The zero-order valence-electron chi connectivity index (χ0n) is 17.1. The summed E-state index contributed by atoms with van der Waals surface area (Å²) in [6, 6.07) is 10.1. The number of fused-ring (bicyclic) bond motifs is 1. The molecule has 0 aliphatic carbocycles. The quantitative estimate of drug-likeness (QED) is 0.309. The fourth-order valence-corrected chi connectivity index (χ4v) is 4.86. The SMILES string of the molecule is CC1Cc2cc(C(=O)OCc3nnc(-c4ccc([N+](=O)[O-])cc4)o3)ccc2N1S(C)(=O)=O. The number of carbonyl (C=O) groups is 1. The summed E-state index contributed by atoms with van der Waals surface area (Å²) in [6.45, 7) is 1.54. The molecular weight excluding hydrogens is 440 g/mol. The molecule has 1 aromatic heterocycles. The van der Waals surface area contributed by atoms with E-state index in [9.17, 15) is 23.3 Å². The van der Waals surface area contributed by atoms with Crippen LogP contribution in [0.15, 0.2) is 46.9 Å². The number of esters is 1. The van der Waals surface area contributed by atoms with Gasteiger partial charge in [0.25, 0.3) is 11.6 Å². The number of sulfonamides is 1. The van der Waals surface area contributed by atoms with Crippen LogP contribution in [0.2, 0.25) is 0 Å². The maximum atomic E-state index is 12.4. The fourth-order valence-electron chi connectivity index (χ4n) is 3.60. The third kappa shape index (κ3) is 4.17. The number of benzene rings is 2. The minimum absolute atomic E-state index is 0.0599. The first kappa shape index (κ1) is 21.4. The highest BCUT2D eigenvalue weighted by Gasteiger charge is 2.33. The molecule has 2 aromatic carbocycles. The van der Waals surface area contributed by atoms with Gasteiger partial charge in [0.15, 0.2) is 6.61 Å². The molecule has 0 spiro atoms. The molecule has 166 valence electrons. The number of anilines is 1. The number of ether oxygens (including phenoxy) is 1. The Kier molecular flexibility index (Phi) is 5.38. The number of hydrogen-bond acceptors (Lipinski definition) is 9. The Morgan fingerprint density at radius 2 is 1.97 bits per heavy atom. The zero-order chi connectivity index (χ0) is 23.0. The van der Waals surface area contributed by atoms with Crippen LogP contribution in [0.3, 0.4) is 0 Å². The molecule has 0 saturated carbocycles. The Labute approximate surface area is 182 Å². The van der Waals surface area contributed by atoms with Crippen LogP contribution < -0.4 is 4.31 Å². The minimum Gasteiger partial charge on any atom is -0.452 e. The van der Waals surface area contributed by atoms with Crippen molar-refractivity contribution in [2.24, 2.45) is 0 Å². The van der Waals surface area contributed by atoms with Crippen molar-refractivity contribution < 1.29 is 27.3 Å². The molecule has 1 unspecified atom stereocenters. The number of aromatic nitrogens is 2. The highest BCUT2D eigenvalue weighted by molar-refractivity contribution is 7.92. The Morgan fingerprint density at radius 3 is 2.62 bits per heavy atom. The second-order valence-corrected chi connectivity index (χ2v) is 9.20. The molecule has 2 heterocycles. The first-order valence-electron chi connectivity index (χ1n) is 9.50. The summed E-state index contributed by atoms with van der Waals surface area (Å²) in [7, 11) is -3.42. The van der Waals surface area contributed by atoms with Gasteiger partial charge in [0.2, 0.25) is 15.9 Å². The summed E-state index contributed by atoms with van der Waals surface area (Å²) in [6.07, 6.45) is 1.64. The van der Waals surface area contributed by atoms with Gasteiger partial charge >= 0.3 is 5.97 Å². The topological polar surface area (TPSA) is 146 Å². The van der Waals surface area contributed by atoms with Crippen LogP contribution in [-0.2, 0) is 27.8 Å². The molecule has 0 N–H and O–H groups in total. The van der Waals surface area contributed by atoms with Crippen LogP contribution >= 0.6 is 0 Å². The van der Waals surface area contributed by atoms with Crippen LogP contribution in [0.5, 0.6) is 0 Å². The van der Waals surface area contributed by atoms with Crippen molar-refractivity contribution in [3.05, 3.63) is 69.6 Å². The predicted octanol–water partition coefficient (Wildman–Crippen LogP) is 2.71. The number of nitro groups is 1. The van der Waals surface area contributed by atoms with E-state index in [0.717, 1.165) is 11.8 Å². The fraction of sp³-hybridized carbons (Fsp3) is 0.250. The van der Waals surface area contributed by atoms with Crippen LogP contribution in [0.25, 0.3) is 11.5 Å². The highest BCUT2D eigenvalue weighted by Crippen LogP contribution is 2.34. The van der Waals surface area contributed by atoms with Crippen molar-refractivity contribution in [1.29, 1.82) is 0 Å². The van der Waals surface area contributed by atoms with E-state index < -0.39 is 20.9 Å². The van der Waals surface area contributed by atoms with Gasteiger partial charge in [-0.25, -0.2) is 13.2 Å². The molecule has 32 heavy (non-hydrogen) atoms. The summed E-state index contributed by atoms with van der Waals surface area (Å²) in [5, 5.41) is 18.4. The first-order valence-corrected chi connectivity index (χ1v) is 11.3. The molecule has 1 aliphatic rings. The van der Waals surface area contributed by atoms with Gasteiger partial charge in [-0.1, -0.05) is 0 Å². The Bertz CT molecular complexity index is 1300. The van der Waals surface area contributed by atoms with Gasteiger partial charge in [-0.15, -0.1) is 10.2 Å². The minimum atomic E-state index is -3.42. The van der Waals surface area contributed by atoms with E-state index >= 15 is 0 Å². The van der Waals surface area contributed by atoms with Crippen molar-refractivity contribution in [2.75, 3.05) is 10.6 Å². The Balaban J connectivity index is 1.43. The number of carbonyl (C=O) groups excluding carboxylic acids is 1. The van der Waals surface area contributed by atoms with Gasteiger partial charge in [0.05, 0.1) is 22.4 Å². The number of rotatable bonds is 6. The smallest absolute Gasteiger partial charge is 0.338 e. The molecule has 0 saturated heterocycles. The zero-order valence-corrected chi connectivity index (χ0v) is 17.9. The van der Waals surface area contributed by atoms with E-state index in [1.165, 1.54) is 34.6 Å². The second-order valence-electron chi connectivity index (χ2n) is 7.34. The van der Waals surface area contributed by atoms with E-state index in [1.807, 2.05) is 0 Å². The summed E-state index contributed by atoms with van der Waals surface area (Å²) in [5.74, 6) is -0.420. The van der Waals surface area contributed by atoms with E-state index in [4.69, 9.17) is 9.15 Å². The number of non-ortho nitro benzene ring substituents is 1. The number of nitrogens with zero attached hydrogens (tertiary/aromatic N) is 4. The Morgan fingerprint density at radius 1 is 1.25 bits per heavy atom. The summed E-state index contributed by atoms with van der Waals surface area (Å²) < 4.78 is 36.1. The summed E-state index contributed by atoms with van der Waals surface area (Å²) in [4.78, 5) is 22.7. The van der Waals surface area contributed by atoms with E-state index in [-0.39, 0.29) is 35.7 Å². The van der Waals surface area contributed by atoms with Gasteiger partial charge in [0, 0.05) is 23.7 Å². The van der Waals surface area contributed by atoms with E-state index in [2.05, 4.69) is 10.2 Å². The van der Waals surface area contributed by atoms with Crippen LogP contribution in [0.4, 0.5) is 11.4 Å². The average Bonchev–Trinajstić information content (AvgIpc) is 3.34. The van der Waals surface area contributed by atoms with Gasteiger partial charge in [-0.2, -0.15) is 0 Å². The van der Waals surface area contributed by atoms with Gasteiger partial charge < -0.3 is 9.15 Å². The summed E-state index contributed by atoms with van der Waals surface area (Å²) in [5.41, 5.74) is 2.01. The lowest BCUT2D eigenvalue weighted by atomic mass is 10.1. The van der Waals surface area contributed by atoms with Crippen molar-refractivity contribution >= 4 is 27.4 Å². The molecule has 11 nitrogen and oxygen atoms in total. The molecular formula is C20H18N4O7S. The van der Waals surface area contributed by atoms with E-state index in [0.29, 0.717) is 17.7 Å². The normalized spacial score (nSPS) is 15.4. The van der Waals surface area contributed by atoms with Crippen LogP contribution in [0.1, 0.15) is 28.7 Å². The monoisotopic (exact) mass is 458 g/mol. The molecule has 4 rings (SSSR count). The lowest BCUT2D eigenvalue weighted by Gasteiger charge is -2.21. The standard InChI is InChI=1S/C20H18N4O7S/c1-12-9-15-10-14(5-8-17(15)23(12)32(2,28)29)20(25)30-11-18-21-22-19(31-18)13-3-6-16(7-4-13)24(26)27/h3-8,10,12H,9,11H2,1-2H3. The first-order chi connectivity index (χ1) is 15.1. The molecule has 0 amide bonds. The number of nitro benzene ring substituents is 1. The molecule has 0 fully saturated rings. The molecule has 0 bridgehead atoms. The van der Waals surface area contributed by atoms with Gasteiger partial charge in [-0.05, 0) is 49.2 Å². The molecule has 3 aromatic rings. The van der Waals surface area contributed by atoms with Crippen molar-refractivity contribution in [3.8, 4) is 11.5 Å². The third-order valence-corrected chi connectivity index (χ3v) is 6.22. The van der Waals surface area contributed by atoms with Gasteiger partial charge in [-0.3, -0.25) is 14.4 Å². The largest absolute Gasteiger partial charge is 0.452 e. The van der Waals surface area contributed by atoms with Crippen LogP contribution in [-0.4, -0.2) is 41.8 Å². The Hall–Kier alpha value is -3.80. The summed E-state index contributed by atoms with van der Waals surface area (Å²) >= 11 is 0. The van der Waals surface area contributed by atoms with Gasteiger partial charge in [0.1, 0.15) is 0 Å². The molecule has 12 heteroatoms. The van der Waals surface area contributed by atoms with Crippen molar-refractivity contribution in [2.45, 2.75) is 26.0 Å². The lowest BCUT2D eigenvalue weighted by molar-refractivity contribution is -0.384. The predicted molar refractivity (Wildman–Crippen MR) is 112 cm³/mol. The maximum Gasteiger partial charge on any atom is 0.338 e. The highest BCUT2D eigenvalue weighted by atomic mass is 32.2. The average molecular weight is 458 g/mol. The second kappa shape index (κ2) is 8.04.